The van der Waals surface area contributed by atoms with Gasteiger partial charge in [-0.25, -0.2) is 9.37 Å². The molecule has 3 heterocycles. The van der Waals surface area contributed by atoms with Crippen molar-refractivity contribution in [2.45, 2.75) is 71.7 Å². The molecule has 0 bridgehead atoms. The molecular formula is C33H42FN3O4S. The summed E-state index contributed by atoms with van der Waals surface area (Å²) in [5, 5.41) is 6.24. The molecular weight excluding hydrogens is 553 g/mol. The zero-order valence-corrected chi connectivity index (χ0v) is 26.3. The lowest BCUT2D eigenvalue weighted by Crippen LogP contribution is -2.49. The Bertz CT molecular complexity index is 1420. The number of ether oxygens (including phenoxy) is 3. The van der Waals surface area contributed by atoms with Crippen LogP contribution in [0, 0.1) is 18.7 Å². The molecule has 7 nitrogen and oxygen atoms in total. The van der Waals surface area contributed by atoms with E-state index in [4.69, 9.17) is 19.2 Å². The molecule has 1 aromatic heterocycles. The molecule has 0 saturated carbocycles. The lowest BCUT2D eigenvalue weighted by Gasteiger charge is -2.37. The molecule has 3 atom stereocenters. The van der Waals surface area contributed by atoms with E-state index >= 15 is 0 Å². The maximum atomic E-state index is 14.7. The summed E-state index contributed by atoms with van der Waals surface area (Å²) >= 11 is 1.49. The Morgan fingerprint density at radius 3 is 2.81 bits per heavy atom. The van der Waals surface area contributed by atoms with E-state index in [0.717, 1.165) is 35.8 Å². The van der Waals surface area contributed by atoms with Crippen LogP contribution in [-0.4, -0.2) is 55.9 Å². The summed E-state index contributed by atoms with van der Waals surface area (Å²) in [6.45, 7) is 13.2. The van der Waals surface area contributed by atoms with E-state index in [9.17, 15) is 9.18 Å². The predicted molar refractivity (Wildman–Crippen MR) is 165 cm³/mol. The van der Waals surface area contributed by atoms with Gasteiger partial charge in [-0.3, -0.25) is 4.79 Å². The number of aromatic nitrogens is 1. The van der Waals surface area contributed by atoms with Crippen molar-refractivity contribution < 1.29 is 23.4 Å². The van der Waals surface area contributed by atoms with Gasteiger partial charge in [0.2, 0.25) is 0 Å². The van der Waals surface area contributed by atoms with Crippen molar-refractivity contribution in [1.82, 2.24) is 10.3 Å². The molecule has 226 valence electrons. The van der Waals surface area contributed by atoms with Crippen LogP contribution in [0.3, 0.4) is 0 Å². The zero-order valence-electron chi connectivity index (χ0n) is 25.5. The highest BCUT2D eigenvalue weighted by atomic mass is 32.1. The lowest BCUT2D eigenvalue weighted by atomic mass is 9.93. The number of hydrogen-bond acceptors (Lipinski definition) is 8. The number of halogens is 1. The summed E-state index contributed by atoms with van der Waals surface area (Å²) in [5.74, 6) is 0.185. The first-order valence-corrected chi connectivity index (χ1v) is 15.6. The van der Waals surface area contributed by atoms with Crippen molar-refractivity contribution in [2.75, 3.05) is 38.2 Å². The molecule has 0 radical (unpaired) electrons. The van der Waals surface area contributed by atoms with Gasteiger partial charge >= 0.3 is 5.97 Å². The van der Waals surface area contributed by atoms with Crippen LogP contribution in [0.5, 0.6) is 5.75 Å². The zero-order chi connectivity index (χ0) is 30.0. The number of nitrogens with zero attached hydrogens (tertiary/aromatic N) is 2. The Balaban J connectivity index is 1.33. The fourth-order valence-corrected chi connectivity index (χ4v) is 6.71. The highest BCUT2D eigenvalue weighted by molar-refractivity contribution is 7.14. The number of hydrogen-bond donors (Lipinski definition) is 1. The molecule has 1 fully saturated rings. The number of carbonyl (C=O) groups excluding carboxylic acids is 1. The highest BCUT2D eigenvalue weighted by Crippen LogP contribution is 2.38. The van der Waals surface area contributed by atoms with Gasteiger partial charge < -0.3 is 24.4 Å². The average Bonchev–Trinajstić information content (AvgIpc) is 3.36. The third-order valence-corrected chi connectivity index (χ3v) is 8.90. The standard InChI is InChI=1S/C33H42FN3O4S/c1-20-13-24(34)15-27(30(20)40-18-22-7-8-23-9-11-35-16-21(2)26(23)14-22)28-19-42-32(36-28)37-12-10-25(29(17-37)39-6)31(38)41-33(3,4)5/h7-8,13-15,19,21,25,29,35H,9-12,16-18H2,1-6H3/t21-,25+,29-/m1/s1. The Morgan fingerprint density at radius 1 is 1.24 bits per heavy atom. The van der Waals surface area contributed by atoms with Crippen LogP contribution in [0.1, 0.15) is 62.3 Å². The quantitative estimate of drug-likeness (QED) is 0.323. The Kier molecular flexibility index (Phi) is 9.20. The fraction of sp³-hybridized carbons (Fsp3) is 0.515. The predicted octanol–water partition coefficient (Wildman–Crippen LogP) is 6.27. The largest absolute Gasteiger partial charge is 0.488 e. The first-order valence-electron chi connectivity index (χ1n) is 14.7. The number of thiazole rings is 1. The van der Waals surface area contributed by atoms with Crippen molar-refractivity contribution >= 4 is 22.4 Å². The van der Waals surface area contributed by atoms with Crippen LogP contribution in [0.2, 0.25) is 0 Å². The van der Waals surface area contributed by atoms with Gasteiger partial charge in [0, 0.05) is 37.7 Å². The van der Waals surface area contributed by atoms with Gasteiger partial charge in [-0.15, -0.1) is 11.3 Å². The van der Waals surface area contributed by atoms with E-state index < -0.39 is 5.60 Å². The van der Waals surface area contributed by atoms with Crippen LogP contribution in [0.15, 0.2) is 35.7 Å². The summed E-state index contributed by atoms with van der Waals surface area (Å²) in [6.07, 6.45) is 1.32. The number of esters is 1. The van der Waals surface area contributed by atoms with Crippen molar-refractivity contribution in [3.63, 3.8) is 0 Å². The van der Waals surface area contributed by atoms with Crippen LogP contribution in [0.4, 0.5) is 9.52 Å². The van der Waals surface area contributed by atoms with E-state index in [2.05, 4.69) is 35.3 Å². The molecule has 42 heavy (non-hydrogen) atoms. The number of methoxy groups -OCH3 is 1. The maximum absolute atomic E-state index is 14.7. The molecule has 3 aromatic rings. The minimum absolute atomic E-state index is 0.230. The summed E-state index contributed by atoms with van der Waals surface area (Å²) in [5.41, 5.74) is 5.32. The molecule has 2 aliphatic heterocycles. The van der Waals surface area contributed by atoms with Crippen LogP contribution >= 0.6 is 11.3 Å². The fourth-order valence-electron chi connectivity index (χ4n) is 5.85. The molecule has 9 heteroatoms. The molecule has 0 spiro atoms. The molecule has 1 N–H and O–H groups in total. The molecule has 0 amide bonds. The van der Waals surface area contributed by atoms with Crippen LogP contribution in [-0.2, 0) is 27.3 Å². The van der Waals surface area contributed by atoms with Gasteiger partial charge in [0.15, 0.2) is 5.13 Å². The third kappa shape index (κ3) is 6.96. The number of rotatable bonds is 7. The van der Waals surface area contributed by atoms with Crippen molar-refractivity contribution in [2.24, 2.45) is 5.92 Å². The molecule has 0 unspecified atom stereocenters. The number of aryl methyl sites for hydroxylation is 1. The normalized spacial score (nSPS) is 21.0. The Hall–Kier alpha value is -3.01. The summed E-state index contributed by atoms with van der Waals surface area (Å²) in [4.78, 5) is 19.8. The summed E-state index contributed by atoms with van der Waals surface area (Å²) in [6, 6.07) is 9.59. The van der Waals surface area contributed by atoms with E-state index in [-0.39, 0.29) is 23.8 Å². The van der Waals surface area contributed by atoms with Crippen LogP contribution < -0.4 is 15.0 Å². The van der Waals surface area contributed by atoms with E-state index in [0.29, 0.717) is 49.0 Å². The minimum atomic E-state index is -0.547. The van der Waals surface area contributed by atoms with Gasteiger partial charge in [0.05, 0.1) is 17.7 Å². The third-order valence-electron chi connectivity index (χ3n) is 8.00. The first kappa shape index (κ1) is 30.4. The van der Waals surface area contributed by atoms with Crippen LogP contribution in [0.25, 0.3) is 11.3 Å². The lowest BCUT2D eigenvalue weighted by molar-refractivity contribution is -0.165. The number of carbonyl (C=O) groups is 1. The monoisotopic (exact) mass is 595 g/mol. The van der Waals surface area contributed by atoms with Crippen molar-refractivity contribution in [3.05, 3.63) is 63.8 Å². The smallest absolute Gasteiger partial charge is 0.312 e. The van der Waals surface area contributed by atoms with Crippen molar-refractivity contribution in [1.29, 1.82) is 0 Å². The molecule has 1 saturated heterocycles. The van der Waals surface area contributed by atoms with E-state index in [1.807, 2.05) is 33.1 Å². The number of nitrogens with one attached hydrogen (secondary N) is 1. The second-order valence-electron chi connectivity index (χ2n) is 12.4. The van der Waals surface area contributed by atoms with Gasteiger partial charge in [0.1, 0.15) is 23.8 Å². The second kappa shape index (κ2) is 12.7. The maximum Gasteiger partial charge on any atom is 0.312 e. The molecule has 5 rings (SSSR count). The molecule has 2 aromatic carbocycles. The highest BCUT2D eigenvalue weighted by Gasteiger charge is 2.38. The SMILES string of the molecule is CO[C@@H]1CN(c2nc(-c3cc(F)cc(C)c3OCc3ccc4c(c3)[C@H](C)CNCC4)cs2)CC[C@@H]1C(=O)OC(C)(C)C. The van der Waals surface area contributed by atoms with Gasteiger partial charge in [-0.2, -0.15) is 0 Å². The number of anilines is 1. The van der Waals surface area contributed by atoms with Gasteiger partial charge in [0.25, 0.3) is 0 Å². The Labute approximate surface area is 252 Å². The van der Waals surface area contributed by atoms with Gasteiger partial charge in [-0.1, -0.05) is 25.1 Å². The summed E-state index contributed by atoms with van der Waals surface area (Å²) < 4.78 is 32.4. The number of piperidine rings is 1. The first-order chi connectivity index (χ1) is 20.0. The molecule has 0 aliphatic carbocycles. The number of benzene rings is 2. The Morgan fingerprint density at radius 2 is 2.05 bits per heavy atom. The molecule has 2 aliphatic rings. The topological polar surface area (TPSA) is 72.9 Å². The van der Waals surface area contributed by atoms with E-state index in [1.54, 1.807) is 7.11 Å². The second-order valence-corrected chi connectivity index (χ2v) is 13.3. The van der Waals surface area contributed by atoms with E-state index in [1.165, 1.54) is 34.6 Å². The minimum Gasteiger partial charge on any atom is -0.488 e. The number of fused-ring (bicyclic) bond motifs is 1. The average molecular weight is 596 g/mol. The van der Waals surface area contributed by atoms with Crippen molar-refractivity contribution in [3.8, 4) is 17.0 Å². The van der Waals surface area contributed by atoms with Gasteiger partial charge in [-0.05, 0) is 87.4 Å². The summed E-state index contributed by atoms with van der Waals surface area (Å²) in [7, 11) is 1.62.